The molecule has 4 N–H and O–H groups in total. The van der Waals surface area contributed by atoms with E-state index in [0.717, 1.165) is 22.5 Å². The number of phenolic OH excluding ortho intramolecular Hbond substituents is 1. The highest BCUT2D eigenvalue weighted by atomic mass is 16.3. The summed E-state index contributed by atoms with van der Waals surface area (Å²) >= 11 is 0. The average Bonchev–Trinajstić information content (AvgIpc) is 2.82. The molecule has 4 aromatic rings. The Morgan fingerprint density at radius 2 is 1.97 bits per heavy atom. The number of benzene rings is 2. The van der Waals surface area contributed by atoms with Gasteiger partial charge in [0, 0.05) is 41.6 Å². The lowest BCUT2D eigenvalue weighted by atomic mass is 10.1. The molecule has 9 heteroatoms. The van der Waals surface area contributed by atoms with E-state index in [4.69, 9.17) is 5.53 Å². The second kappa shape index (κ2) is 9.00. The molecule has 2 aromatic carbocycles. The lowest BCUT2D eigenvalue weighted by molar-refractivity contribution is 0.102. The van der Waals surface area contributed by atoms with E-state index in [-0.39, 0.29) is 17.0 Å². The minimum Gasteiger partial charge on any atom is -0.507 e. The highest BCUT2D eigenvalue weighted by Crippen LogP contribution is 2.27. The van der Waals surface area contributed by atoms with Gasteiger partial charge >= 0.3 is 0 Å². The van der Waals surface area contributed by atoms with Crippen LogP contribution < -0.4 is 10.6 Å². The Bertz CT molecular complexity index is 1290. The molecule has 0 saturated carbocycles. The molecule has 0 radical (unpaired) electrons. The van der Waals surface area contributed by atoms with Gasteiger partial charge in [0.15, 0.2) is 0 Å². The highest BCUT2D eigenvalue weighted by Gasteiger charge is 2.13. The summed E-state index contributed by atoms with van der Waals surface area (Å²) in [5.41, 5.74) is 11.1. The fourth-order valence-electron chi connectivity index (χ4n) is 3.03. The summed E-state index contributed by atoms with van der Waals surface area (Å²) in [5.74, 6) is -0.323. The Morgan fingerprint density at radius 3 is 2.72 bits per heavy atom. The Hall–Kier alpha value is -4.66. The number of hydrogen-bond donors (Lipinski definition) is 4. The topological polar surface area (TPSA) is 136 Å². The molecule has 0 fully saturated rings. The van der Waals surface area contributed by atoms with E-state index in [2.05, 4.69) is 30.7 Å². The van der Waals surface area contributed by atoms with Crippen LogP contribution >= 0.6 is 0 Å². The third kappa shape index (κ3) is 4.57. The predicted molar refractivity (Wildman–Crippen MR) is 121 cm³/mol. The van der Waals surface area contributed by atoms with Gasteiger partial charge in [-0.15, -0.1) is 0 Å². The number of phenols is 1. The average molecular weight is 425 g/mol. The molecule has 0 aliphatic heterocycles. The minimum absolute atomic E-state index is 0.0833. The third-order valence-electron chi connectivity index (χ3n) is 4.71. The maximum absolute atomic E-state index is 12.6. The lowest BCUT2D eigenvalue weighted by Crippen LogP contribution is -2.12. The van der Waals surface area contributed by atoms with Gasteiger partial charge in [-0.1, -0.05) is 6.07 Å². The maximum atomic E-state index is 12.6. The normalized spacial score (nSPS) is 10.4. The predicted octanol–water partition coefficient (Wildman–Crippen LogP) is 5.21. The van der Waals surface area contributed by atoms with Crippen LogP contribution in [0.25, 0.3) is 11.3 Å². The number of carbonyl (C=O) groups excluding carboxylic acids is 1. The standard InChI is InChI=1S/C23H19N7O2/c1-14-4-5-16(27-22(32)18-7-6-17(30-24)12-21(18)31)11-20(14)29-23-26-10-8-19(28-23)15-3-2-9-25-13-15/h2-13,24,31H,1H3,(H,27,32)(H,26,28,29). The van der Waals surface area contributed by atoms with Crippen LogP contribution in [0.4, 0.5) is 23.0 Å². The zero-order valence-corrected chi connectivity index (χ0v) is 17.1. The Morgan fingerprint density at radius 1 is 1.09 bits per heavy atom. The number of amides is 1. The van der Waals surface area contributed by atoms with Gasteiger partial charge in [0.1, 0.15) is 5.75 Å². The summed E-state index contributed by atoms with van der Waals surface area (Å²) < 4.78 is 0. The summed E-state index contributed by atoms with van der Waals surface area (Å²) in [6, 6.07) is 15.1. The zero-order valence-electron chi connectivity index (χ0n) is 17.1. The van der Waals surface area contributed by atoms with Crippen molar-refractivity contribution in [3.8, 4) is 17.0 Å². The van der Waals surface area contributed by atoms with Gasteiger partial charge in [-0.25, -0.2) is 15.5 Å². The van der Waals surface area contributed by atoms with Crippen LogP contribution in [-0.4, -0.2) is 26.0 Å². The first-order valence-electron chi connectivity index (χ1n) is 9.66. The molecule has 32 heavy (non-hydrogen) atoms. The Kier molecular flexibility index (Phi) is 5.80. The Labute approximate surface area is 183 Å². The molecular formula is C23H19N7O2. The van der Waals surface area contributed by atoms with Crippen molar-refractivity contribution in [3.05, 3.63) is 84.3 Å². The maximum Gasteiger partial charge on any atom is 0.259 e. The van der Waals surface area contributed by atoms with Crippen LogP contribution in [-0.2, 0) is 0 Å². The minimum atomic E-state index is -0.483. The van der Waals surface area contributed by atoms with Crippen molar-refractivity contribution in [1.29, 1.82) is 5.53 Å². The first-order chi connectivity index (χ1) is 15.5. The number of rotatable bonds is 6. The van der Waals surface area contributed by atoms with Gasteiger partial charge in [0.25, 0.3) is 5.91 Å². The van der Waals surface area contributed by atoms with Crippen LogP contribution in [0.2, 0.25) is 0 Å². The second-order valence-corrected chi connectivity index (χ2v) is 6.93. The monoisotopic (exact) mass is 425 g/mol. The molecule has 0 bridgehead atoms. The summed E-state index contributed by atoms with van der Waals surface area (Å²) in [4.78, 5) is 25.5. The number of aryl methyl sites for hydroxylation is 1. The Balaban J connectivity index is 1.55. The van der Waals surface area contributed by atoms with E-state index < -0.39 is 5.91 Å². The molecule has 0 unspecified atom stereocenters. The van der Waals surface area contributed by atoms with E-state index in [1.807, 2.05) is 25.1 Å². The number of hydrogen-bond acceptors (Lipinski definition) is 8. The van der Waals surface area contributed by atoms with Crippen LogP contribution in [0.3, 0.4) is 0 Å². The van der Waals surface area contributed by atoms with Gasteiger partial charge in [-0.2, -0.15) is 5.11 Å². The fourth-order valence-corrected chi connectivity index (χ4v) is 3.03. The van der Waals surface area contributed by atoms with E-state index in [1.165, 1.54) is 18.2 Å². The van der Waals surface area contributed by atoms with Crippen molar-refractivity contribution in [2.24, 2.45) is 5.11 Å². The quantitative estimate of drug-likeness (QED) is 0.313. The molecule has 0 saturated heterocycles. The van der Waals surface area contributed by atoms with E-state index >= 15 is 0 Å². The molecule has 0 atom stereocenters. The largest absolute Gasteiger partial charge is 0.507 e. The van der Waals surface area contributed by atoms with Gasteiger partial charge in [-0.3, -0.25) is 9.78 Å². The smallest absolute Gasteiger partial charge is 0.259 e. The summed E-state index contributed by atoms with van der Waals surface area (Å²) in [6.45, 7) is 1.92. The van der Waals surface area contributed by atoms with Gasteiger partial charge in [-0.05, 0) is 55.0 Å². The SMILES string of the molecule is Cc1ccc(NC(=O)c2ccc(N=N)cc2O)cc1Nc1nccc(-c2cccnc2)n1. The van der Waals surface area contributed by atoms with Gasteiger partial charge < -0.3 is 15.7 Å². The number of aromatic hydroxyl groups is 1. The van der Waals surface area contributed by atoms with Crippen molar-refractivity contribution in [2.75, 3.05) is 10.6 Å². The number of aromatic nitrogens is 3. The molecule has 9 nitrogen and oxygen atoms in total. The first kappa shape index (κ1) is 20.6. The molecule has 4 rings (SSSR count). The van der Waals surface area contributed by atoms with Gasteiger partial charge in [0.2, 0.25) is 5.95 Å². The number of nitrogens with one attached hydrogen (secondary N) is 3. The van der Waals surface area contributed by atoms with E-state index in [1.54, 1.807) is 36.8 Å². The van der Waals surface area contributed by atoms with Crippen LogP contribution in [0, 0.1) is 12.5 Å². The number of pyridine rings is 1. The van der Waals surface area contributed by atoms with Crippen molar-refractivity contribution in [2.45, 2.75) is 6.92 Å². The molecule has 0 spiro atoms. The van der Waals surface area contributed by atoms with Gasteiger partial charge in [0.05, 0.1) is 16.9 Å². The highest BCUT2D eigenvalue weighted by molar-refractivity contribution is 6.06. The van der Waals surface area contributed by atoms with E-state index in [9.17, 15) is 9.90 Å². The number of carbonyl (C=O) groups is 1. The fraction of sp³-hybridized carbons (Fsp3) is 0.0435. The molecule has 1 amide bonds. The van der Waals surface area contributed by atoms with E-state index in [0.29, 0.717) is 11.6 Å². The van der Waals surface area contributed by atoms with Crippen LogP contribution in [0.5, 0.6) is 5.75 Å². The molecule has 0 aliphatic carbocycles. The molecule has 0 aliphatic rings. The summed E-state index contributed by atoms with van der Waals surface area (Å²) in [6.07, 6.45) is 5.09. The third-order valence-corrected chi connectivity index (χ3v) is 4.71. The second-order valence-electron chi connectivity index (χ2n) is 6.93. The van der Waals surface area contributed by atoms with Crippen LogP contribution in [0.1, 0.15) is 15.9 Å². The van der Waals surface area contributed by atoms with Crippen LogP contribution in [0.15, 0.2) is 78.3 Å². The number of nitrogens with zero attached hydrogens (tertiary/aromatic N) is 4. The summed E-state index contributed by atoms with van der Waals surface area (Å²) in [7, 11) is 0. The molecule has 2 heterocycles. The van der Waals surface area contributed by atoms with Crippen molar-refractivity contribution in [3.63, 3.8) is 0 Å². The van der Waals surface area contributed by atoms with Crippen molar-refractivity contribution in [1.82, 2.24) is 15.0 Å². The molecular weight excluding hydrogens is 406 g/mol. The first-order valence-corrected chi connectivity index (χ1v) is 9.66. The number of anilines is 3. The van der Waals surface area contributed by atoms with Crippen molar-refractivity contribution >= 4 is 28.9 Å². The molecule has 2 aromatic heterocycles. The van der Waals surface area contributed by atoms with Crippen molar-refractivity contribution < 1.29 is 9.90 Å². The molecule has 158 valence electrons. The summed E-state index contributed by atoms with van der Waals surface area (Å²) in [5, 5.41) is 19.2. The zero-order chi connectivity index (χ0) is 22.5. The lowest BCUT2D eigenvalue weighted by Gasteiger charge is -2.12.